The predicted molar refractivity (Wildman–Crippen MR) is 68.3 cm³/mol. The highest BCUT2D eigenvalue weighted by atomic mass is 32.2. The van der Waals surface area contributed by atoms with Crippen molar-refractivity contribution in [3.05, 3.63) is 34.9 Å². The van der Waals surface area contributed by atoms with Crippen molar-refractivity contribution >= 4 is 11.8 Å². The minimum Gasteiger partial charge on any atom is -0.302 e. The summed E-state index contributed by atoms with van der Waals surface area (Å²) >= 11 is 2.05. The van der Waals surface area contributed by atoms with Crippen LogP contribution in [0, 0.1) is 13.8 Å². The Labute approximate surface area is 96.7 Å². The summed E-state index contributed by atoms with van der Waals surface area (Å²) in [4.78, 5) is 0. The summed E-state index contributed by atoms with van der Waals surface area (Å²) < 4.78 is 0. The summed E-state index contributed by atoms with van der Waals surface area (Å²) in [6.07, 6.45) is 1.28. The average Bonchev–Trinajstić information content (AvgIpc) is 2.16. The Kier molecular flexibility index (Phi) is 3.37. The summed E-state index contributed by atoms with van der Waals surface area (Å²) in [5.74, 6) is 0. The highest BCUT2D eigenvalue weighted by Crippen LogP contribution is 2.34. The molecule has 1 saturated heterocycles. The Morgan fingerprint density at radius 2 is 1.87 bits per heavy atom. The van der Waals surface area contributed by atoms with Gasteiger partial charge in [-0.2, -0.15) is 0 Å². The van der Waals surface area contributed by atoms with Gasteiger partial charge >= 0.3 is 0 Å². The number of aryl methyl sites for hydroxylation is 2. The molecule has 1 aromatic rings. The number of benzene rings is 1. The average molecular weight is 221 g/mol. The lowest BCUT2D eigenvalue weighted by atomic mass is 10.1. The largest absolute Gasteiger partial charge is 0.302 e. The molecule has 0 aromatic heterocycles. The normalized spacial score (nSPS) is 26.6. The highest BCUT2D eigenvalue weighted by Gasteiger charge is 2.20. The first-order valence-corrected chi connectivity index (χ1v) is 6.56. The van der Waals surface area contributed by atoms with Crippen LogP contribution in [0.25, 0.3) is 0 Å². The number of hydrogen-bond acceptors (Lipinski definition) is 2. The fourth-order valence-corrected chi connectivity index (χ4v) is 3.35. The zero-order valence-electron chi connectivity index (χ0n) is 9.71. The quantitative estimate of drug-likeness (QED) is 0.780. The van der Waals surface area contributed by atoms with Crippen LogP contribution in [0.1, 0.15) is 35.4 Å². The molecular formula is C13H19NS. The molecule has 1 aliphatic heterocycles. The van der Waals surface area contributed by atoms with Gasteiger partial charge in [0.2, 0.25) is 0 Å². The van der Waals surface area contributed by atoms with E-state index in [0.717, 1.165) is 11.8 Å². The van der Waals surface area contributed by atoms with E-state index in [1.165, 1.54) is 23.1 Å². The monoisotopic (exact) mass is 221 g/mol. The molecule has 0 bridgehead atoms. The second-order valence-corrected chi connectivity index (χ2v) is 6.04. The fourth-order valence-electron chi connectivity index (χ4n) is 2.12. The van der Waals surface area contributed by atoms with Crippen LogP contribution in [0.5, 0.6) is 0 Å². The van der Waals surface area contributed by atoms with Crippen LogP contribution in [-0.4, -0.2) is 11.8 Å². The van der Waals surface area contributed by atoms with Gasteiger partial charge in [-0.25, -0.2) is 0 Å². The summed E-state index contributed by atoms with van der Waals surface area (Å²) in [5, 5.41) is 4.85. The van der Waals surface area contributed by atoms with Crippen molar-refractivity contribution in [1.29, 1.82) is 0 Å². The lowest BCUT2D eigenvalue weighted by Crippen LogP contribution is -2.28. The number of thioether (sulfide) groups is 1. The maximum absolute atomic E-state index is 3.58. The van der Waals surface area contributed by atoms with Crippen LogP contribution in [0.2, 0.25) is 0 Å². The van der Waals surface area contributed by atoms with Gasteiger partial charge in [0.1, 0.15) is 0 Å². The SMILES string of the molecule is Cc1cc(C)cc(C2NCCC(C)S2)c1. The third kappa shape index (κ3) is 2.76. The number of rotatable bonds is 1. The molecule has 1 fully saturated rings. The molecule has 15 heavy (non-hydrogen) atoms. The van der Waals surface area contributed by atoms with E-state index in [-0.39, 0.29) is 0 Å². The highest BCUT2D eigenvalue weighted by molar-refractivity contribution is 8.00. The molecule has 2 rings (SSSR count). The van der Waals surface area contributed by atoms with E-state index in [0.29, 0.717) is 5.37 Å². The molecule has 0 aliphatic carbocycles. The van der Waals surface area contributed by atoms with E-state index >= 15 is 0 Å². The number of hydrogen-bond donors (Lipinski definition) is 1. The van der Waals surface area contributed by atoms with Gasteiger partial charge in [0.15, 0.2) is 0 Å². The second kappa shape index (κ2) is 4.58. The summed E-state index contributed by atoms with van der Waals surface area (Å²) in [6, 6.07) is 6.84. The first kappa shape index (κ1) is 11.0. The third-order valence-electron chi connectivity index (χ3n) is 2.80. The van der Waals surface area contributed by atoms with Crippen molar-refractivity contribution in [2.45, 2.75) is 37.8 Å². The zero-order valence-corrected chi connectivity index (χ0v) is 10.5. The molecule has 1 heterocycles. The van der Waals surface area contributed by atoms with Crippen LogP contribution < -0.4 is 5.32 Å². The molecule has 0 amide bonds. The minimum atomic E-state index is 0.493. The van der Waals surface area contributed by atoms with E-state index in [4.69, 9.17) is 0 Å². The van der Waals surface area contributed by atoms with Crippen LogP contribution in [0.15, 0.2) is 18.2 Å². The molecule has 82 valence electrons. The van der Waals surface area contributed by atoms with Gasteiger partial charge in [-0.3, -0.25) is 0 Å². The molecule has 1 N–H and O–H groups in total. The van der Waals surface area contributed by atoms with E-state index < -0.39 is 0 Å². The lowest BCUT2D eigenvalue weighted by Gasteiger charge is -2.28. The van der Waals surface area contributed by atoms with Crippen molar-refractivity contribution in [2.75, 3.05) is 6.54 Å². The molecule has 0 saturated carbocycles. The molecular weight excluding hydrogens is 202 g/mol. The summed E-state index contributed by atoms with van der Waals surface area (Å²) in [6.45, 7) is 7.81. The maximum atomic E-state index is 3.58. The molecule has 0 radical (unpaired) electrons. The molecule has 2 atom stereocenters. The van der Waals surface area contributed by atoms with Crippen molar-refractivity contribution < 1.29 is 0 Å². The second-order valence-electron chi connectivity index (χ2n) is 4.49. The van der Waals surface area contributed by atoms with Crippen LogP contribution >= 0.6 is 11.8 Å². The Balaban J connectivity index is 2.20. The minimum absolute atomic E-state index is 0.493. The van der Waals surface area contributed by atoms with Crippen LogP contribution in [0.3, 0.4) is 0 Å². The zero-order chi connectivity index (χ0) is 10.8. The maximum Gasteiger partial charge on any atom is 0.0792 e. The molecule has 1 aliphatic rings. The first-order chi connectivity index (χ1) is 7.15. The Morgan fingerprint density at radius 1 is 1.20 bits per heavy atom. The summed E-state index contributed by atoms with van der Waals surface area (Å²) in [5.41, 5.74) is 4.17. The van der Waals surface area contributed by atoms with Gasteiger partial charge in [0.25, 0.3) is 0 Å². The molecule has 1 aromatic carbocycles. The van der Waals surface area contributed by atoms with Crippen LogP contribution in [-0.2, 0) is 0 Å². The fraction of sp³-hybridized carbons (Fsp3) is 0.538. The van der Waals surface area contributed by atoms with E-state index in [1.54, 1.807) is 0 Å². The molecule has 1 nitrogen and oxygen atoms in total. The predicted octanol–water partition coefficient (Wildman–Crippen LogP) is 3.42. The van der Waals surface area contributed by atoms with Gasteiger partial charge in [-0.1, -0.05) is 36.2 Å². The summed E-state index contributed by atoms with van der Waals surface area (Å²) in [7, 11) is 0. The first-order valence-electron chi connectivity index (χ1n) is 5.62. The van der Waals surface area contributed by atoms with E-state index in [1.807, 2.05) is 11.8 Å². The Bertz CT molecular complexity index is 328. The van der Waals surface area contributed by atoms with Crippen molar-refractivity contribution in [1.82, 2.24) is 5.32 Å². The number of nitrogens with one attached hydrogen (secondary N) is 1. The van der Waals surface area contributed by atoms with E-state index in [9.17, 15) is 0 Å². The standard InChI is InChI=1S/C13H19NS/c1-9-6-10(2)8-12(7-9)13-14-5-4-11(3)15-13/h6-8,11,13-14H,4-5H2,1-3H3. The Hall–Kier alpha value is -0.470. The molecule has 2 unspecified atom stereocenters. The van der Waals surface area contributed by atoms with Gasteiger partial charge in [-0.15, -0.1) is 11.8 Å². The van der Waals surface area contributed by atoms with Crippen molar-refractivity contribution in [2.24, 2.45) is 0 Å². The topological polar surface area (TPSA) is 12.0 Å². The van der Waals surface area contributed by atoms with Crippen molar-refractivity contribution in [3.63, 3.8) is 0 Å². The molecule has 0 spiro atoms. The van der Waals surface area contributed by atoms with Gasteiger partial charge in [-0.05, 0) is 32.4 Å². The smallest absolute Gasteiger partial charge is 0.0792 e. The van der Waals surface area contributed by atoms with Crippen LogP contribution in [0.4, 0.5) is 0 Å². The van der Waals surface area contributed by atoms with E-state index in [2.05, 4.69) is 44.3 Å². The lowest BCUT2D eigenvalue weighted by molar-refractivity contribution is 0.605. The molecule has 2 heteroatoms. The van der Waals surface area contributed by atoms with Gasteiger partial charge < -0.3 is 5.32 Å². The third-order valence-corrected chi connectivity index (χ3v) is 4.21. The van der Waals surface area contributed by atoms with Crippen molar-refractivity contribution in [3.8, 4) is 0 Å². The van der Waals surface area contributed by atoms with Gasteiger partial charge in [0, 0.05) is 5.25 Å². The van der Waals surface area contributed by atoms with Gasteiger partial charge in [0.05, 0.1) is 5.37 Å². The Morgan fingerprint density at radius 3 is 2.47 bits per heavy atom.